The lowest BCUT2D eigenvalue weighted by atomic mass is 9.89. The number of benzene rings is 3. The van der Waals surface area contributed by atoms with Crippen molar-refractivity contribution in [3.05, 3.63) is 101 Å². The second-order valence-electron chi connectivity index (χ2n) is 10.4. The highest BCUT2D eigenvalue weighted by Crippen LogP contribution is 2.34. The first kappa shape index (κ1) is 28.2. The molecular formula is C33H35FN2O5. The number of hydrogen-bond acceptors (Lipinski definition) is 5. The first-order chi connectivity index (χ1) is 20.0. The van der Waals surface area contributed by atoms with E-state index < -0.39 is 0 Å². The molecule has 3 aromatic carbocycles. The molecule has 1 heterocycles. The fourth-order valence-electron chi connectivity index (χ4n) is 5.51. The van der Waals surface area contributed by atoms with Crippen LogP contribution < -0.4 is 14.8 Å². The predicted molar refractivity (Wildman–Crippen MR) is 154 cm³/mol. The van der Waals surface area contributed by atoms with Crippen molar-refractivity contribution in [3.63, 3.8) is 0 Å². The standard InChI is InChI=1S/C33H35FN2O5/c1-39-29-16-13-23(19-30(29)40-2)17-18-35-32(37)24-14-11-22(12-15-24)20-31-33(38)36(21-25-7-3-4-8-26(25)34)27-9-5-6-10-28(27)41-31/h3-4,7-8,11-16,19-20,27-28H,5-6,9-10,17-18,21H2,1-2H3,(H,35,37)/b31-20-. The number of halogens is 1. The van der Waals surface area contributed by atoms with Crippen LogP contribution in [0.3, 0.4) is 0 Å². The monoisotopic (exact) mass is 558 g/mol. The molecule has 2 amide bonds. The van der Waals surface area contributed by atoms with E-state index in [4.69, 9.17) is 14.2 Å². The topological polar surface area (TPSA) is 77.1 Å². The van der Waals surface area contributed by atoms with E-state index in [9.17, 15) is 14.0 Å². The second kappa shape index (κ2) is 12.9. The number of nitrogens with one attached hydrogen (secondary N) is 1. The molecule has 2 unspecified atom stereocenters. The van der Waals surface area contributed by atoms with Crippen LogP contribution in [0.25, 0.3) is 6.08 Å². The van der Waals surface area contributed by atoms with Gasteiger partial charge < -0.3 is 24.4 Å². The van der Waals surface area contributed by atoms with Gasteiger partial charge in [-0.3, -0.25) is 9.59 Å². The van der Waals surface area contributed by atoms with E-state index >= 15 is 0 Å². The fourth-order valence-corrected chi connectivity index (χ4v) is 5.51. The molecule has 1 aliphatic carbocycles. The third kappa shape index (κ3) is 6.53. The Labute approximate surface area is 239 Å². The van der Waals surface area contributed by atoms with Crippen LogP contribution in [0.5, 0.6) is 11.5 Å². The van der Waals surface area contributed by atoms with Gasteiger partial charge in [0.05, 0.1) is 20.3 Å². The van der Waals surface area contributed by atoms with Crippen LogP contribution in [0.4, 0.5) is 4.39 Å². The Morgan fingerprint density at radius 3 is 2.54 bits per heavy atom. The lowest BCUT2D eigenvalue weighted by Gasteiger charge is -2.44. The Bertz CT molecular complexity index is 1420. The Hall–Kier alpha value is -4.33. The number of methoxy groups -OCH3 is 2. The normalized spacial score (nSPS) is 19.3. The zero-order chi connectivity index (χ0) is 28.8. The lowest BCUT2D eigenvalue weighted by molar-refractivity contribution is -0.149. The highest BCUT2D eigenvalue weighted by atomic mass is 19.1. The molecule has 1 aliphatic heterocycles. The van der Waals surface area contributed by atoms with Crippen molar-refractivity contribution < 1.29 is 28.2 Å². The van der Waals surface area contributed by atoms with Crippen molar-refractivity contribution in [2.24, 2.45) is 0 Å². The average molecular weight is 559 g/mol. The molecule has 41 heavy (non-hydrogen) atoms. The van der Waals surface area contributed by atoms with E-state index in [0.717, 1.165) is 36.8 Å². The zero-order valence-electron chi connectivity index (χ0n) is 23.4. The fraction of sp³-hybridized carbons (Fsp3) is 0.333. The maximum absolute atomic E-state index is 14.4. The average Bonchev–Trinajstić information content (AvgIpc) is 3.00. The van der Waals surface area contributed by atoms with Gasteiger partial charge in [-0.2, -0.15) is 0 Å². The number of nitrogens with zero attached hydrogens (tertiary/aromatic N) is 1. The Morgan fingerprint density at radius 2 is 1.78 bits per heavy atom. The summed E-state index contributed by atoms with van der Waals surface area (Å²) in [5, 5.41) is 2.94. The molecule has 0 spiro atoms. The minimum Gasteiger partial charge on any atom is -0.493 e. The van der Waals surface area contributed by atoms with Gasteiger partial charge in [-0.05, 0) is 73.2 Å². The molecule has 1 N–H and O–H groups in total. The molecule has 8 heteroatoms. The van der Waals surface area contributed by atoms with Gasteiger partial charge in [0.15, 0.2) is 17.3 Å². The number of carbonyl (C=O) groups is 2. The van der Waals surface area contributed by atoms with Crippen LogP contribution >= 0.6 is 0 Å². The molecule has 3 aromatic rings. The number of morpholine rings is 1. The Morgan fingerprint density at radius 1 is 1.02 bits per heavy atom. The molecule has 0 aromatic heterocycles. The van der Waals surface area contributed by atoms with Crippen LogP contribution in [0, 0.1) is 5.82 Å². The second-order valence-corrected chi connectivity index (χ2v) is 10.4. The molecular weight excluding hydrogens is 523 g/mol. The van der Waals surface area contributed by atoms with Gasteiger partial charge in [0.25, 0.3) is 11.8 Å². The molecule has 0 bridgehead atoms. The largest absolute Gasteiger partial charge is 0.493 e. The smallest absolute Gasteiger partial charge is 0.289 e. The van der Waals surface area contributed by atoms with E-state index in [1.54, 1.807) is 67.7 Å². The summed E-state index contributed by atoms with van der Waals surface area (Å²) in [4.78, 5) is 28.0. The number of ether oxygens (including phenoxy) is 3. The molecule has 7 nitrogen and oxygen atoms in total. The summed E-state index contributed by atoms with van der Waals surface area (Å²) >= 11 is 0. The van der Waals surface area contributed by atoms with Crippen LogP contribution in [-0.2, 0) is 22.5 Å². The lowest BCUT2D eigenvalue weighted by Crippen LogP contribution is -2.54. The molecule has 2 aliphatic rings. The van der Waals surface area contributed by atoms with Gasteiger partial charge in [-0.1, -0.05) is 42.8 Å². The highest BCUT2D eigenvalue weighted by molar-refractivity contribution is 5.97. The minimum atomic E-state index is -0.317. The van der Waals surface area contributed by atoms with Gasteiger partial charge in [-0.25, -0.2) is 4.39 Å². The molecule has 2 fully saturated rings. The summed E-state index contributed by atoms with van der Waals surface area (Å²) in [6.45, 7) is 0.665. The molecule has 2 atom stereocenters. The molecule has 0 radical (unpaired) electrons. The van der Waals surface area contributed by atoms with Crippen molar-refractivity contribution in [1.82, 2.24) is 10.2 Å². The van der Waals surface area contributed by atoms with E-state index in [-0.39, 0.29) is 42.1 Å². The maximum atomic E-state index is 14.4. The van der Waals surface area contributed by atoms with Gasteiger partial charge in [-0.15, -0.1) is 0 Å². The van der Waals surface area contributed by atoms with Crippen molar-refractivity contribution in [3.8, 4) is 11.5 Å². The third-order valence-corrected chi connectivity index (χ3v) is 7.73. The van der Waals surface area contributed by atoms with Crippen LogP contribution in [0.1, 0.15) is 52.7 Å². The summed E-state index contributed by atoms with van der Waals surface area (Å²) in [6, 6.07) is 19.2. The van der Waals surface area contributed by atoms with Gasteiger partial charge in [0.2, 0.25) is 0 Å². The van der Waals surface area contributed by atoms with Gasteiger partial charge in [0, 0.05) is 24.2 Å². The van der Waals surface area contributed by atoms with Crippen LogP contribution in [0.15, 0.2) is 72.5 Å². The first-order valence-corrected chi connectivity index (χ1v) is 14.0. The quantitative estimate of drug-likeness (QED) is 0.350. The molecule has 214 valence electrons. The molecule has 1 saturated carbocycles. The van der Waals surface area contributed by atoms with E-state index in [1.807, 2.05) is 18.2 Å². The summed E-state index contributed by atoms with van der Waals surface area (Å²) in [5.74, 6) is 0.811. The van der Waals surface area contributed by atoms with Crippen LogP contribution in [-0.4, -0.2) is 49.6 Å². The molecule has 5 rings (SSSR count). The van der Waals surface area contributed by atoms with Gasteiger partial charge >= 0.3 is 0 Å². The minimum absolute atomic E-state index is 0.0712. The Kier molecular flexibility index (Phi) is 8.87. The van der Waals surface area contributed by atoms with Crippen LogP contribution in [0.2, 0.25) is 0 Å². The number of hydrogen-bond donors (Lipinski definition) is 1. The van der Waals surface area contributed by atoms with Crippen molar-refractivity contribution in [1.29, 1.82) is 0 Å². The van der Waals surface area contributed by atoms with Gasteiger partial charge in [0.1, 0.15) is 11.9 Å². The SMILES string of the molecule is COc1ccc(CCNC(=O)c2ccc(/C=C3\OC4CCCCC4N(Cc4ccccc4F)C3=O)cc2)cc1OC. The summed E-state index contributed by atoms with van der Waals surface area (Å²) in [5.41, 5.74) is 2.78. The number of carbonyl (C=O) groups excluding carboxylic acids is 2. The first-order valence-electron chi connectivity index (χ1n) is 14.0. The van der Waals surface area contributed by atoms with Crippen molar-refractivity contribution in [2.45, 2.75) is 50.8 Å². The van der Waals surface area contributed by atoms with E-state index in [0.29, 0.717) is 35.6 Å². The predicted octanol–water partition coefficient (Wildman–Crippen LogP) is 5.53. The number of amides is 2. The highest BCUT2D eigenvalue weighted by Gasteiger charge is 2.41. The third-order valence-electron chi connectivity index (χ3n) is 7.73. The van der Waals surface area contributed by atoms with E-state index in [2.05, 4.69) is 5.32 Å². The van der Waals surface area contributed by atoms with Crippen molar-refractivity contribution >= 4 is 17.9 Å². The summed E-state index contributed by atoms with van der Waals surface area (Å²) < 4.78 is 31.2. The summed E-state index contributed by atoms with van der Waals surface area (Å²) in [6.07, 6.45) is 5.98. The molecule has 1 saturated heterocycles. The van der Waals surface area contributed by atoms with E-state index in [1.165, 1.54) is 6.07 Å². The van der Waals surface area contributed by atoms with Crippen molar-refractivity contribution in [2.75, 3.05) is 20.8 Å². The number of fused-ring (bicyclic) bond motifs is 1. The maximum Gasteiger partial charge on any atom is 0.289 e. The Balaban J connectivity index is 1.24. The number of rotatable bonds is 9. The summed E-state index contributed by atoms with van der Waals surface area (Å²) in [7, 11) is 3.18. The zero-order valence-corrected chi connectivity index (χ0v) is 23.4.